The maximum absolute atomic E-state index is 14.1. The quantitative estimate of drug-likeness (QED) is 0.742. The summed E-state index contributed by atoms with van der Waals surface area (Å²) < 4.78 is 23.1. The molecule has 1 atom stereocenters. The molecule has 0 unspecified atom stereocenters. The van der Waals surface area contributed by atoms with Gasteiger partial charge in [0.15, 0.2) is 5.60 Å². The van der Waals surface area contributed by atoms with Gasteiger partial charge in [0.2, 0.25) is 0 Å². The smallest absolute Gasteiger partial charge is 0.256 e. The predicted octanol–water partition coefficient (Wildman–Crippen LogP) is 1.64. The molecule has 1 aromatic heterocycles. The number of nitrogens with zero attached hydrogens (tertiary/aromatic N) is 3. The predicted molar refractivity (Wildman–Crippen MR) is 98.9 cm³/mol. The molecule has 2 aromatic rings. The number of aryl methyl sites for hydroxylation is 1. The molecule has 0 bridgehead atoms. The standard InChI is InChI=1S/C18H23FN4O3S/c1-12-16(27-22-21-12)9-20-11-18(25)6-3-7-23(17(18)24)10-13-8-14(26-2)4-5-15(13)19/h4-5,8,20,25H,3,6-7,9-11H2,1-2H3/t18-/m1/s1. The Morgan fingerprint density at radius 3 is 3.00 bits per heavy atom. The molecule has 2 heterocycles. The van der Waals surface area contributed by atoms with Crippen molar-refractivity contribution in [3.63, 3.8) is 0 Å². The summed E-state index contributed by atoms with van der Waals surface area (Å²) in [5, 5.41) is 17.9. The number of hydrogen-bond donors (Lipinski definition) is 2. The lowest BCUT2D eigenvalue weighted by molar-refractivity contribution is -0.157. The number of halogens is 1. The highest BCUT2D eigenvalue weighted by molar-refractivity contribution is 7.05. The van der Waals surface area contributed by atoms with Crippen LogP contribution in [0.25, 0.3) is 0 Å². The number of carbonyl (C=O) groups is 1. The molecule has 9 heteroatoms. The second kappa shape index (κ2) is 8.28. The number of methoxy groups -OCH3 is 1. The van der Waals surface area contributed by atoms with Gasteiger partial charge in [0.1, 0.15) is 11.6 Å². The Morgan fingerprint density at radius 2 is 2.30 bits per heavy atom. The van der Waals surface area contributed by atoms with Crippen LogP contribution in [-0.2, 0) is 17.9 Å². The van der Waals surface area contributed by atoms with Crippen molar-refractivity contribution >= 4 is 17.4 Å². The van der Waals surface area contributed by atoms with E-state index in [0.29, 0.717) is 37.2 Å². The van der Waals surface area contributed by atoms with Crippen molar-refractivity contribution < 1.29 is 19.0 Å². The summed E-state index contributed by atoms with van der Waals surface area (Å²) in [6, 6.07) is 4.43. The van der Waals surface area contributed by atoms with Crippen molar-refractivity contribution in [1.82, 2.24) is 19.8 Å². The molecule has 1 amide bonds. The molecule has 0 radical (unpaired) electrons. The number of ether oxygens (including phenoxy) is 1. The first-order valence-electron chi connectivity index (χ1n) is 8.75. The Bertz CT molecular complexity index is 816. The summed E-state index contributed by atoms with van der Waals surface area (Å²) in [6.45, 7) is 3.06. The minimum Gasteiger partial charge on any atom is -0.497 e. The minimum absolute atomic E-state index is 0.0993. The average molecular weight is 394 g/mol. The van der Waals surface area contributed by atoms with E-state index in [0.717, 1.165) is 10.6 Å². The summed E-state index contributed by atoms with van der Waals surface area (Å²) in [5.74, 6) is -0.257. The Morgan fingerprint density at radius 1 is 1.48 bits per heavy atom. The van der Waals surface area contributed by atoms with E-state index in [2.05, 4.69) is 14.9 Å². The topological polar surface area (TPSA) is 87.6 Å². The molecule has 0 spiro atoms. The van der Waals surface area contributed by atoms with Crippen LogP contribution in [0.15, 0.2) is 18.2 Å². The number of piperidine rings is 1. The van der Waals surface area contributed by atoms with Gasteiger partial charge in [-0.1, -0.05) is 4.49 Å². The van der Waals surface area contributed by atoms with Crippen molar-refractivity contribution in [3.8, 4) is 5.75 Å². The normalized spacial score (nSPS) is 20.1. The van der Waals surface area contributed by atoms with Crippen molar-refractivity contribution in [2.24, 2.45) is 0 Å². The fourth-order valence-corrected chi connectivity index (χ4v) is 3.78. The molecule has 0 aliphatic carbocycles. The van der Waals surface area contributed by atoms with Crippen molar-refractivity contribution in [2.45, 2.75) is 38.5 Å². The molecule has 1 aromatic carbocycles. The number of benzene rings is 1. The first kappa shape index (κ1) is 19.7. The summed E-state index contributed by atoms with van der Waals surface area (Å²) in [7, 11) is 1.51. The van der Waals surface area contributed by atoms with Crippen molar-refractivity contribution in [2.75, 3.05) is 20.2 Å². The van der Waals surface area contributed by atoms with E-state index in [1.807, 2.05) is 6.92 Å². The van der Waals surface area contributed by atoms with Crippen LogP contribution in [0.5, 0.6) is 5.75 Å². The maximum atomic E-state index is 14.1. The van der Waals surface area contributed by atoms with Crippen LogP contribution in [0.2, 0.25) is 0 Å². The number of aliphatic hydroxyl groups is 1. The third kappa shape index (κ3) is 4.42. The van der Waals surface area contributed by atoms with Gasteiger partial charge in [-0.05, 0) is 49.5 Å². The highest BCUT2D eigenvalue weighted by Crippen LogP contribution is 2.26. The Balaban J connectivity index is 1.65. The second-order valence-corrected chi connectivity index (χ2v) is 7.54. The lowest BCUT2D eigenvalue weighted by Gasteiger charge is -2.38. The lowest BCUT2D eigenvalue weighted by atomic mass is 9.91. The fraction of sp³-hybridized carbons (Fsp3) is 0.500. The van der Waals surface area contributed by atoms with Gasteiger partial charge in [-0.2, -0.15) is 0 Å². The molecule has 146 valence electrons. The highest BCUT2D eigenvalue weighted by Gasteiger charge is 2.42. The van der Waals surface area contributed by atoms with Gasteiger partial charge < -0.3 is 20.1 Å². The SMILES string of the molecule is COc1ccc(F)c(CN2CCC[C@@](O)(CNCc3snnc3C)C2=O)c1. The number of nitrogens with one attached hydrogen (secondary N) is 1. The van der Waals surface area contributed by atoms with Crippen molar-refractivity contribution in [1.29, 1.82) is 0 Å². The molecular weight excluding hydrogens is 371 g/mol. The van der Waals surface area contributed by atoms with Gasteiger partial charge in [-0.15, -0.1) is 5.10 Å². The van der Waals surface area contributed by atoms with E-state index in [4.69, 9.17) is 4.74 Å². The molecule has 1 fully saturated rings. The molecule has 7 nitrogen and oxygen atoms in total. The molecule has 1 saturated heterocycles. The Kier molecular flexibility index (Phi) is 6.03. The zero-order valence-corrected chi connectivity index (χ0v) is 16.2. The van der Waals surface area contributed by atoms with Gasteiger partial charge in [0, 0.05) is 31.7 Å². The summed E-state index contributed by atoms with van der Waals surface area (Å²) in [5.41, 5.74) is -0.296. The third-order valence-corrected chi connectivity index (χ3v) is 5.59. The zero-order chi connectivity index (χ0) is 19.4. The summed E-state index contributed by atoms with van der Waals surface area (Å²) in [4.78, 5) is 15.3. The van der Waals surface area contributed by atoms with Crippen LogP contribution in [0.4, 0.5) is 4.39 Å². The van der Waals surface area contributed by atoms with Crippen LogP contribution in [0.3, 0.4) is 0 Å². The van der Waals surface area contributed by atoms with Crippen LogP contribution in [0.1, 0.15) is 29.0 Å². The number of likely N-dealkylation sites (tertiary alicyclic amines) is 1. The molecule has 0 saturated carbocycles. The largest absolute Gasteiger partial charge is 0.497 e. The number of amides is 1. The maximum Gasteiger partial charge on any atom is 0.256 e. The molecule has 2 N–H and O–H groups in total. The van der Waals surface area contributed by atoms with E-state index < -0.39 is 11.4 Å². The third-order valence-electron chi connectivity index (χ3n) is 4.77. The molecule has 1 aliphatic rings. The molecule has 3 rings (SSSR count). The van der Waals surface area contributed by atoms with E-state index in [-0.39, 0.29) is 19.0 Å². The second-order valence-electron chi connectivity index (χ2n) is 6.70. The molecule has 27 heavy (non-hydrogen) atoms. The van der Waals surface area contributed by atoms with Gasteiger partial charge in [-0.3, -0.25) is 4.79 Å². The lowest BCUT2D eigenvalue weighted by Crippen LogP contribution is -2.57. The number of hydrogen-bond acceptors (Lipinski definition) is 7. The Hall–Kier alpha value is -2.10. The van der Waals surface area contributed by atoms with Gasteiger partial charge in [0.05, 0.1) is 17.7 Å². The van der Waals surface area contributed by atoms with Crippen LogP contribution >= 0.6 is 11.5 Å². The number of aromatic nitrogens is 2. The van der Waals surface area contributed by atoms with Crippen LogP contribution < -0.4 is 10.1 Å². The van der Waals surface area contributed by atoms with Gasteiger partial charge in [0.25, 0.3) is 5.91 Å². The van der Waals surface area contributed by atoms with E-state index in [1.165, 1.54) is 35.7 Å². The summed E-state index contributed by atoms with van der Waals surface area (Å²) in [6.07, 6.45) is 1.02. The fourth-order valence-electron chi connectivity index (χ4n) is 3.18. The summed E-state index contributed by atoms with van der Waals surface area (Å²) >= 11 is 1.29. The van der Waals surface area contributed by atoms with E-state index in [1.54, 1.807) is 6.07 Å². The van der Waals surface area contributed by atoms with Crippen molar-refractivity contribution in [3.05, 3.63) is 40.2 Å². The molecular formula is C18H23FN4O3S. The monoisotopic (exact) mass is 394 g/mol. The van der Waals surface area contributed by atoms with Crippen LogP contribution in [0, 0.1) is 12.7 Å². The highest BCUT2D eigenvalue weighted by atomic mass is 32.1. The minimum atomic E-state index is -1.50. The first-order chi connectivity index (χ1) is 12.9. The Labute approximate surface area is 161 Å². The zero-order valence-electron chi connectivity index (χ0n) is 15.4. The van der Waals surface area contributed by atoms with Gasteiger partial charge >= 0.3 is 0 Å². The van der Waals surface area contributed by atoms with E-state index in [9.17, 15) is 14.3 Å². The van der Waals surface area contributed by atoms with Crippen LogP contribution in [-0.4, -0.2) is 51.3 Å². The first-order valence-corrected chi connectivity index (χ1v) is 9.53. The average Bonchev–Trinajstić information content (AvgIpc) is 3.06. The van der Waals surface area contributed by atoms with Gasteiger partial charge in [-0.25, -0.2) is 4.39 Å². The molecule has 1 aliphatic heterocycles. The van der Waals surface area contributed by atoms with E-state index >= 15 is 0 Å². The number of carbonyl (C=O) groups excluding carboxylic acids is 1. The number of rotatable bonds is 7.